The quantitative estimate of drug-likeness (QED) is 0.762. The molecule has 0 radical (unpaired) electrons. The summed E-state index contributed by atoms with van der Waals surface area (Å²) in [7, 11) is 0. The number of hydrogen-bond donors (Lipinski definition) is 2. The van der Waals surface area contributed by atoms with E-state index in [9.17, 15) is 9.90 Å². The summed E-state index contributed by atoms with van der Waals surface area (Å²) in [5, 5.41) is 14.7. The van der Waals surface area contributed by atoms with Crippen LogP contribution < -0.4 is 5.32 Å². The lowest BCUT2D eigenvalue weighted by atomic mass is 9.90. The molecular formula is C18H14N2O2. The maximum atomic E-state index is 12.2. The van der Waals surface area contributed by atoms with E-state index in [4.69, 9.17) is 0 Å². The van der Waals surface area contributed by atoms with Crippen molar-refractivity contribution >= 4 is 22.5 Å². The zero-order valence-corrected chi connectivity index (χ0v) is 11.8. The molecule has 3 aromatic rings. The average Bonchev–Trinajstić information content (AvgIpc) is 2.79. The van der Waals surface area contributed by atoms with E-state index in [1.165, 1.54) is 0 Å². The van der Waals surface area contributed by atoms with Crippen molar-refractivity contribution in [2.75, 3.05) is 5.32 Å². The van der Waals surface area contributed by atoms with E-state index in [1.807, 2.05) is 48.5 Å². The van der Waals surface area contributed by atoms with Crippen LogP contribution in [0.3, 0.4) is 0 Å². The number of benzene rings is 2. The van der Waals surface area contributed by atoms with Gasteiger partial charge in [-0.1, -0.05) is 42.5 Å². The van der Waals surface area contributed by atoms with Crippen LogP contribution in [0, 0.1) is 0 Å². The van der Waals surface area contributed by atoms with Gasteiger partial charge in [-0.2, -0.15) is 0 Å². The van der Waals surface area contributed by atoms with Gasteiger partial charge < -0.3 is 10.4 Å². The van der Waals surface area contributed by atoms with Crippen LogP contribution in [0.25, 0.3) is 10.9 Å². The highest BCUT2D eigenvalue weighted by Gasteiger charge is 2.45. The normalized spacial score (nSPS) is 20.0. The van der Waals surface area contributed by atoms with E-state index in [2.05, 4.69) is 10.3 Å². The van der Waals surface area contributed by atoms with Gasteiger partial charge in [0, 0.05) is 28.8 Å². The van der Waals surface area contributed by atoms with Gasteiger partial charge in [0.25, 0.3) is 5.91 Å². The summed E-state index contributed by atoms with van der Waals surface area (Å²) in [6, 6.07) is 18.8. The van der Waals surface area contributed by atoms with Gasteiger partial charge in [-0.3, -0.25) is 9.78 Å². The van der Waals surface area contributed by atoms with E-state index < -0.39 is 11.5 Å². The topological polar surface area (TPSA) is 62.2 Å². The minimum Gasteiger partial charge on any atom is -0.375 e. The number of hydrogen-bond acceptors (Lipinski definition) is 3. The molecule has 1 aliphatic heterocycles. The van der Waals surface area contributed by atoms with Crippen LogP contribution in [-0.4, -0.2) is 16.0 Å². The van der Waals surface area contributed by atoms with Crippen molar-refractivity contribution < 1.29 is 9.90 Å². The number of carbonyl (C=O) groups excluding carboxylic acids is 1. The lowest BCUT2D eigenvalue weighted by Crippen LogP contribution is -2.36. The van der Waals surface area contributed by atoms with E-state index in [0.717, 1.165) is 10.9 Å². The Morgan fingerprint density at radius 1 is 1.00 bits per heavy atom. The van der Waals surface area contributed by atoms with Crippen molar-refractivity contribution in [2.24, 2.45) is 0 Å². The number of aliphatic hydroxyl groups is 1. The van der Waals surface area contributed by atoms with Gasteiger partial charge in [0.1, 0.15) is 0 Å². The Hall–Kier alpha value is -2.72. The predicted molar refractivity (Wildman–Crippen MR) is 84.4 cm³/mol. The van der Waals surface area contributed by atoms with Crippen LogP contribution in [0.15, 0.2) is 60.7 Å². The van der Waals surface area contributed by atoms with Crippen molar-refractivity contribution in [3.63, 3.8) is 0 Å². The fraction of sp³-hybridized carbons (Fsp3) is 0.111. The molecule has 1 atom stereocenters. The summed E-state index contributed by atoms with van der Waals surface area (Å²) < 4.78 is 0. The zero-order chi connectivity index (χ0) is 15.2. The molecule has 2 N–H and O–H groups in total. The largest absolute Gasteiger partial charge is 0.375 e. The van der Waals surface area contributed by atoms with Crippen molar-refractivity contribution in [3.05, 3.63) is 71.9 Å². The molecular weight excluding hydrogens is 276 g/mol. The summed E-state index contributed by atoms with van der Waals surface area (Å²) in [5.74, 6) is -0.399. The third kappa shape index (κ3) is 1.89. The first-order valence-corrected chi connectivity index (χ1v) is 7.15. The second-order valence-electron chi connectivity index (χ2n) is 5.53. The molecule has 0 bridgehead atoms. The highest BCUT2D eigenvalue weighted by molar-refractivity contribution is 6.05. The Morgan fingerprint density at radius 2 is 1.77 bits per heavy atom. The minimum atomic E-state index is -1.56. The van der Waals surface area contributed by atoms with Crippen LogP contribution in [0.2, 0.25) is 0 Å². The zero-order valence-electron chi connectivity index (χ0n) is 11.8. The lowest BCUT2D eigenvalue weighted by Gasteiger charge is -2.20. The molecule has 0 fully saturated rings. The number of pyridine rings is 1. The molecule has 4 nitrogen and oxygen atoms in total. The van der Waals surface area contributed by atoms with E-state index >= 15 is 0 Å². The molecule has 1 amide bonds. The number of anilines is 1. The van der Waals surface area contributed by atoms with Crippen molar-refractivity contribution in [3.8, 4) is 0 Å². The van der Waals surface area contributed by atoms with Crippen LogP contribution in [-0.2, 0) is 16.8 Å². The standard InChI is InChI=1S/C18H14N2O2/c21-17-18(22,14-6-2-4-8-16(14)20-17)11-13-10-9-12-5-1-3-7-15(12)19-13/h1-10,22H,11H2,(H,20,21). The lowest BCUT2D eigenvalue weighted by molar-refractivity contribution is -0.133. The monoisotopic (exact) mass is 290 g/mol. The molecule has 4 heteroatoms. The second-order valence-corrected chi connectivity index (χ2v) is 5.53. The Kier molecular flexibility index (Phi) is 2.74. The first-order valence-electron chi connectivity index (χ1n) is 7.15. The van der Waals surface area contributed by atoms with E-state index in [1.54, 1.807) is 12.1 Å². The molecule has 22 heavy (non-hydrogen) atoms. The number of nitrogens with zero attached hydrogens (tertiary/aromatic N) is 1. The molecule has 2 aromatic carbocycles. The van der Waals surface area contributed by atoms with Gasteiger partial charge in [0.2, 0.25) is 0 Å². The van der Waals surface area contributed by atoms with Crippen LogP contribution in [0.5, 0.6) is 0 Å². The fourth-order valence-corrected chi connectivity index (χ4v) is 2.95. The summed E-state index contributed by atoms with van der Waals surface area (Å²) in [6.45, 7) is 0. The summed E-state index contributed by atoms with van der Waals surface area (Å²) in [4.78, 5) is 16.8. The maximum absolute atomic E-state index is 12.2. The molecule has 1 unspecified atom stereocenters. The predicted octanol–water partition coefficient (Wildman–Crippen LogP) is 2.62. The summed E-state index contributed by atoms with van der Waals surface area (Å²) in [6.07, 6.45) is 0.153. The number of aromatic nitrogens is 1. The molecule has 1 aliphatic rings. The molecule has 0 spiro atoms. The van der Waals surface area contributed by atoms with Crippen molar-refractivity contribution in [1.82, 2.24) is 4.98 Å². The van der Waals surface area contributed by atoms with Gasteiger partial charge in [-0.25, -0.2) is 0 Å². The van der Waals surface area contributed by atoms with Crippen molar-refractivity contribution in [1.29, 1.82) is 0 Å². The fourth-order valence-electron chi connectivity index (χ4n) is 2.95. The Morgan fingerprint density at radius 3 is 2.68 bits per heavy atom. The molecule has 1 aromatic heterocycles. The van der Waals surface area contributed by atoms with E-state index in [-0.39, 0.29) is 6.42 Å². The van der Waals surface area contributed by atoms with Crippen LogP contribution in [0.1, 0.15) is 11.3 Å². The molecule has 0 saturated carbocycles. The Bertz CT molecular complexity index is 891. The summed E-state index contributed by atoms with van der Waals surface area (Å²) >= 11 is 0. The first-order chi connectivity index (χ1) is 10.7. The summed E-state index contributed by atoms with van der Waals surface area (Å²) in [5.41, 5.74) is 1.25. The molecule has 108 valence electrons. The third-order valence-corrected chi connectivity index (χ3v) is 4.09. The molecule has 2 heterocycles. The number of carbonyl (C=O) groups is 1. The highest BCUT2D eigenvalue weighted by Crippen LogP contribution is 2.37. The first kappa shape index (κ1) is 13.0. The van der Waals surface area contributed by atoms with Crippen molar-refractivity contribution in [2.45, 2.75) is 12.0 Å². The van der Waals surface area contributed by atoms with Gasteiger partial charge in [0.15, 0.2) is 5.60 Å². The Balaban J connectivity index is 1.76. The molecule has 0 aliphatic carbocycles. The number of nitrogens with one attached hydrogen (secondary N) is 1. The van der Waals surface area contributed by atoms with Crippen LogP contribution >= 0.6 is 0 Å². The van der Waals surface area contributed by atoms with Gasteiger partial charge in [0.05, 0.1) is 5.52 Å². The Labute approximate surface area is 127 Å². The number of para-hydroxylation sites is 2. The van der Waals surface area contributed by atoms with Gasteiger partial charge >= 0.3 is 0 Å². The maximum Gasteiger partial charge on any atom is 0.261 e. The highest BCUT2D eigenvalue weighted by atomic mass is 16.3. The number of amides is 1. The molecule has 4 rings (SSSR count). The minimum absolute atomic E-state index is 0.153. The molecule has 0 saturated heterocycles. The van der Waals surface area contributed by atoms with Gasteiger partial charge in [-0.15, -0.1) is 0 Å². The number of rotatable bonds is 2. The van der Waals surface area contributed by atoms with Crippen LogP contribution in [0.4, 0.5) is 5.69 Å². The van der Waals surface area contributed by atoms with E-state index in [0.29, 0.717) is 16.9 Å². The number of fused-ring (bicyclic) bond motifs is 2. The second kappa shape index (κ2) is 4.64. The third-order valence-electron chi connectivity index (χ3n) is 4.09. The smallest absolute Gasteiger partial charge is 0.261 e. The average molecular weight is 290 g/mol. The SMILES string of the molecule is O=C1Nc2ccccc2C1(O)Cc1ccc2ccccc2n1. The van der Waals surface area contributed by atoms with Gasteiger partial charge in [-0.05, 0) is 18.2 Å².